The van der Waals surface area contributed by atoms with Crippen LogP contribution in [0.25, 0.3) is 21.2 Å². The average Bonchev–Trinajstić information content (AvgIpc) is 3.04. The number of nitrogen functional groups attached to an aromatic ring is 1. The second-order valence-corrected chi connectivity index (χ2v) is 7.08. The molecule has 4 aromatic rings. The van der Waals surface area contributed by atoms with Crippen molar-refractivity contribution in [2.24, 2.45) is 0 Å². The first-order valence-electron chi connectivity index (χ1n) is 8.49. The Balaban J connectivity index is 1.52. The lowest BCUT2D eigenvalue weighted by atomic mass is 10.0. The third kappa shape index (κ3) is 3.61. The molecule has 0 unspecified atom stereocenters. The first-order valence-corrected chi connectivity index (χ1v) is 9.26. The fraction of sp³-hybridized carbons (Fsp3) is 0.0476. The van der Waals surface area contributed by atoms with E-state index in [1.54, 1.807) is 0 Å². The van der Waals surface area contributed by atoms with Crippen molar-refractivity contribution in [2.75, 3.05) is 16.4 Å². The van der Waals surface area contributed by atoms with Crippen LogP contribution in [0, 0.1) is 6.92 Å². The van der Waals surface area contributed by atoms with E-state index in [9.17, 15) is 4.79 Å². The van der Waals surface area contributed by atoms with Gasteiger partial charge in [0.25, 0.3) is 0 Å². The third-order valence-electron chi connectivity index (χ3n) is 4.25. The topological polar surface area (TPSA) is 80.0 Å². The Labute approximate surface area is 161 Å². The molecule has 0 saturated carbocycles. The summed E-state index contributed by atoms with van der Waals surface area (Å²) in [6.45, 7) is 1.98. The molecule has 0 radical (unpaired) electrons. The molecule has 6 heteroatoms. The number of nitrogens with two attached hydrogens (primary N) is 1. The minimum atomic E-state index is -0.276. The Bertz CT molecular complexity index is 1120. The molecule has 1 heterocycles. The van der Waals surface area contributed by atoms with Crippen molar-refractivity contribution in [3.05, 3.63) is 72.3 Å². The van der Waals surface area contributed by atoms with E-state index in [2.05, 4.69) is 15.0 Å². The first kappa shape index (κ1) is 17.1. The molecule has 134 valence electrons. The van der Waals surface area contributed by atoms with Gasteiger partial charge in [-0.05, 0) is 65.5 Å². The number of fused-ring (bicyclic) bond motifs is 1. The first-order chi connectivity index (χ1) is 13.1. The molecule has 0 bridgehead atoms. The van der Waals surface area contributed by atoms with E-state index in [0.29, 0.717) is 11.5 Å². The number of hydrogen-bond acceptors (Lipinski definition) is 4. The molecule has 1 aromatic heterocycles. The van der Waals surface area contributed by atoms with Crippen LogP contribution in [0.2, 0.25) is 0 Å². The van der Waals surface area contributed by atoms with Crippen LogP contribution in [0.1, 0.15) is 5.56 Å². The van der Waals surface area contributed by atoms with Crippen LogP contribution in [0.4, 0.5) is 22.0 Å². The maximum absolute atomic E-state index is 12.2. The number of amides is 2. The molecule has 27 heavy (non-hydrogen) atoms. The lowest BCUT2D eigenvalue weighted by molar-refractivity contribution is 0.262. The van der Waals surface area contributed by atoms with Gasteiger partial charge in [-0.2, -0.15) is 4.37 Å². The van der Waals surface area contributed by atoms with Crippen molar-refractivity contribution >= 4 is 44.8 Å². The molecule has 0 spiro atoms. The summed E-state index contributed by atoms with van der Waals surface area (Å²) in [5, 5.41) is 6.65. The minimum Gasteiger partial charge on any atom is -0.382 e. The zero-order valence-corrected chi connectivity index (χ0v) is 15.5. The number of hydrogen-bond donors (Lipinski definition) is 3. The Morgan fingerprint density at radius 2 is 1.70 bits per heavy atom. The van der Waals surface area contributed by atoms with Crippen molar-refractivity contribution in [1.82, 2.24) is 4.37 Å². The number of anilines is 3. The fourth-order valence-corrected chi connectivity index (χ4v) is 3.74. The molecule has 0 aliphatic carbocycles. The van der Waals surface area contributed by atoms with Crippen LogP contribution in [0.3, 0.4) is 0 Å². The maximum Gasteiger partial charge on any atom is 0.323 e. The quantitative estimate of drug-likeness (QED) is 0.443. The Kier molecular flexibility index (Phi) is 4.48. The Morgan fingerprint density at radius 3 is 2.48 bits per heavy atom. The van der Waals surface area contributed by atoms with Crippen molar-refractivity contribution in [2.45, 2.75) is 6.92 Å². The predicted octanol–water partition coefficient (Wildman–Crippen LogP) is 5.50. The van der Waals surface area contributed by atoms with Crippen molar-refractivity contribution in [3.8, 4) is 11.1 Å². The van der Waals surface area contributed by atoms with E-state index in [4.69, 9.17) is 5.73 Å². The molecule has 2 amide bonds. The van der Waals surface area contributed by atoms with Crippen LogP contribution in [0.15, 0.2) is 66.7 Å². The van der Waals surface area contributed by atoms with Crippen LogP contribution in [-0.2, 0) is 0 Å². The molecule has 4 N–H and O–H groups in total. The van der Waals surface area contributed by atoms with Gasteiger partial charge in [-0.15, -0.1) is 0 Å². The summed E-state index contributed by atoms with van der Waals surface area (Å²) < 4.78 is 5.30. The number of nitrogens with one attached hydrogen (secondary N) is 2. The van der Waals surface area contributed by atoms with Gasteiger partial charge in [-0.3, -0.25) is 0 Å². The number of benzene rings is 3. The molecule has 0 saturated heterocycles. The van der Waals surface area contributed by atoms with E-state index in [1.165, 1.54) is 11.5 Å². The van der Waals surface area contributed by atoms with Crippen LogP contribution >= 0.6 is 11.5 Å². The van der Waals surface area contributed by atoms with Gasteiger partial charge >= 0.3 is 6.03 Å². The van der Waals surface area contributed by atoms with Crippen LogP contribution < -0.4 is 16.4 Å². The van der Waals surface area contributed by atoms with E-state index < -0.39 is 0 Å². The fourth-order valence-electron chi connectivity index (χ4n) is 3.01. The van der Waals surface area contributed by atoms with E-state index in [0.717, 1.165) is 32.5 Å². The summed E-state index contributed by atoms with van der Waals surface area (Å²) >= 11 is 1.40. The summed E-state index contributed by atoms with van der Waals surface area (Å²) in [5.41, 5.74) is 10.7. The van der Waals surface area contributed by atoms with E-state index in [1.807, 2.05) is 73.7 Å². The van der Waals surface area contributed by atoms with Crippen LogP contribution in [-0.4, -0.2) is 10.4 Å². The van der Waals surface area contributed by atoms with Gasteiger partial charge in [0.15, 0.2) is 0 Å². The van der Waals surface area contributed by atoms with Gasteiger partial charge in [0, 0.05) is 16.8 Å². The predicted molar refractivity (Wildman–Crippen MR) is 113 cm³/mol. The van der Waals surface area contributed by atoms with Gasteiger partial charge in [-0.1, -0.05) is 36.4 Å². The lowest BCUT2D eigenvalue weighted by Crippen LogP contribution is -2.19. The molecule has 0 atom stereocenters. The molecule has 4 rings (SSSR count). The number of carbonyl (C=O) groups is 1. The number of aryl methyl sites for hydroxylation is 1. The Hall–Kier alpha value is -3.38. The SMILES string of the molecule is Cc1cccc(NC(=O)Nc2ccc(-c3cccc4snc(N)c34)cc2)c1. The minimum absolute atomic E-state index is 0.276. The van der Waals surface area contributed by atoms with Gasteiger partial charge in [0.2, 0.25) is 0 Å². The number of rotatable bonds is 3. The highest BCUT2D eigenvalue weighted by Crippen LogP contribution is 2.34. The third-order valence-corrected chi connectivity index (χ3v) is 5.08. The van der Waals surface area contributed by atoms with Crippen molar-refractivity contribution < 1.29 is 4.79 Å². The van der Waals surface area contributed by atoms with E-state index in [-0.39, 0.29) is 6.03 Å². The Morgan fingerprint density at radius 1 is 0.963 bits per heavy atom. The normalized spacial score (nSPS) is 10.7. The van der Waals surface area contributed by atoms with Crippen molar-refractivity contribution in [1.29, 1.82) is 0 Å². The van der Waals surface area contributed by atoms with Crippen molar-refractivity contribution in [3.63, 3.8) is 0 Å². The summed E-state index contributed by atoms with van der Waals surface area (Å²) in [6, 6.07) is 21.1. The van der Waals surface area contributed by atoms with Gasteiger partial charge in [0.05, 0.1) is 4.70 Å². The molecule has 0 aliphatic heterocycles. The zero-order valence-electron chi connectivity index (χ0n) is 14.7. The second-order valence-electron chi connectivity index (χ2n) is 6.27. The maximum atomic E-state index is 12.2. The second kappa shape index (κ2) is 7.09. The molecular weight excluding hydrogens is 356 g/mol. The number of carbonyl (C=O) groups excluding carboxylic acids is 1. The molecule has 0 aliphatic rings. The monoisotopic (exact) mass is 374 g/mol. The lowest BCUT2D eigenvalue weighted by Gasteiger charge is -2.09. The average molecular weight is 374 g/mol. The molecular formula is C21H18N4OS. The largest absolute Gasteiger partial charge is 0.382 e. The number of aromatic nitrogens is 1. The molecule has 3 aromatic carbocycles. The van der Waals surface area contributed by atoms with Gasteiger partial charge in [0.1, 0.15) is 5.82 Å². The summed E-state index contributed by atoms with van der Waals surface area (Å²) in [5.74, 6) is 0.547. The zero-order chi connectivity index (χ0) is 18.8. The highest BCUT2D eigenvalue weighted by molar-refractivity contribution is 7.13. The highest BCUT2D eigenvalue weighted by atomic mass is 32.1. The standard InChI is InChI=1S/C21H18N4OS/c1-13-4-2-5-16(12-13)24-21(26)23-15-10-8-14(9-11-15)17-6-3-7-18-19(17)20(22)25-27-18/h2-12H,1H3,(H2,22,25)(H2,23,24,26). The summed E-state index contributed by atoms with van der Waals surface area (Å²) in [7, 11) is 0. The van der Waals surface area contributed by atoms with Gasteiger partial charge < -0.3 is 16.4 Å². The number of urea groups is 1. The summed E-state index contributed by atoms with van der Waals surface area (Å²) in [6.07, 6.45) is 0. The van der Waals surface area contributed by atoms with E-state index >= 15 is 0 Å². The highest BCUT2D eigenvalue weighted by Gasteiger charge is 2.10. The van der Waals surface area contributed by atoms with Gasteiger partial charge in [-0.25, -0.2) is 4.79 Å². The summed E-state index contributed by atoms with van der Waals surface area (Å²) in [4.78, 5) is 12.2. The number of nitrogens with zero attached hydrogens (tertiary/aromatic N) is 1. The smallest absolute Gasteiger partial charge is 0.323 e. The molecule has 0 fully saturated rings. The molecule has 5 nitrogen and oxygen atoms in total. The van der Waals surface area contributed by atoms with Crippen LogP contribution in [0.5, 0.6) is 0 Å².